The van der Waals surface area contributed by atoms with Crippen molar-refractivity contribution in [2.75, 3.05) is 58.1 Å². The predicted molar refractivity (Wildman–Crippen MR) is 284 cm³/mol. The van der Waals surface area contributed by atoms with E-state index < -0.39 is 12.1 Å². The van der Waals surface area contributed by atoms with Crippen LogP contribution in [-0.4, -0.2) is 68.6 Å². The van der Waals surface area contributed by atoms with E-state index in [2.05, 4.69) is 70.1 Å². The fourth-order valence-electron chi connectivity index (χ4n) is 4.44. The minimum absolute atomic E-state index is 0. The van der Waals surface area contributed by atoms with Crippen molar-refractivity contribution in [3.8, 4) is 0 Å². The molecule has 3 aromatic carbocycles. The maximum absolute atomic E-state index is 11.5. The van der Waals surface area contributed by atoms with Gasteiger partial charge >= 0.3 is 36.2 Å². The topological polar surface area (TPSA) is 247 Å². The molecule has 18 nitrogen and oxygen atoms in total. The van der Waals surface area contributed by atoms with Crippen LogP contribution in [0.3, 0.4) is 0 Å². The van der Waals surface area contributed by atoms with Crippen LogP contribution < -0.4 is 58.5 Å². The van der Waals surface area contributed by atoms with E-state index in [1.54, 1.807) is 43.3 Å². The number of urea groups is 6. The molecular formula is C48H86N12O6. The maximum Gasteiger partial charge on any atom is 0.345 e. The highest BCUT2D eigenvalue weighted by Crippen LogP contribution is 2.25. The summed E-state index contributed by atoms with van der Waals surface area (Å²) in [5.74, 6) is 0. The third-order valence-electron chi connectivity index (χ3n) is 6.84. The van der Waals surface area contributed by atoms with E-state index in [0.29, 0.717) is 60.3 Å². The molecule has 11 N–H and O–H groups in total. The van der Waals surface area contributed by atoms with Gasteiger partial charge in [0.15, 0.2) is 0 Å². The molecule has 0 radical (unpaired) electrons. The van der Waals surface area contributed by atoms with Crippen molar-refractivity contribution >= 4 is 76.5 Å². The van der Waals surface area contributed by atoms with Crippen molar-refractivity contribution < 1.29 is 30.2 Å². The molecule has 66 heavy (non-hydrogen) atoms. The molecule has 3 rings (SSSR count). The van der Waals surface area contributed by atoms with Crippen LogP contribution in [0.2, 0.25) is 0 Å². The van der Waals surface area contributed by atoms with Crippen molar-refractivity contribution in [1.82, 2.24) is 26.6 Å². The third-order valence-corrected chi connectivity index (χ3v) is 6.84. The Morgan fingerprint density at radius 2 is 0.727 bits per heavy atom. The molecule has 0 aromatic heterocycles. The van der Waals surface area contributed by atoms with Crippen LogP contribution in [0.25, 0.3) is 0 Å². The minimum atomic E-state index is -0.480. The Morgan fingerprint density at radius 3 is 0.985 bits per heavy atom. The second-order valence-corrected chi connectivity index (χ2v) is 11.7. The van der Waals surface area contributed by atoms with E-state index in [0.717, 1.165) is 16.7 Å². The van der Waals surface area contributed by atoms with Crippen molar-refractivity contribution in [3.63, 3.8) is 0 Å². The van der Waals surface area contributed by atoms with Crippen molar-refractivity contribution in [2.24, 2.45) is 4.99 Å². The van der Waals surface area contributed by atoms with E-state index in [1.807, 2.05) is 122 Å². The molecule has 374 valence electrons. The highest BCUT2D eigenvalue weighted by molar-refractivity contribution is 6.01. The minimum Gasteiger partial charge on any atom is -0.338 e. The fourth-order valence-corrected chi connectivity index (χ4v) is 4.44. The van der Waals surface area contributed by atoms with Crippen molar-refractivity contribution in [1.29, 1.82) is 0 Å². The van der Waals surface area contributed by atoms with Crippen LogP contribution in [0.4, 0.5) is 62.9 Å². The van der Waals surface area contributed by atoms with Gasteiger partial charge in [-0.25, -0.2) is 33.8 Å². The molecule has 0 heterocycles. The lowest BCUT2D eigenvalue weighted by Crippen LogP contribution is -2.31. The molecule has 0 atom stereocenters. The summed E-state index contributed by atoms with van der Waals surface area (Å²) in [6.45, 7) is 36.2. The van der Waals surface area contributed by atoms with E-state index in [9.17, 15) is 28.8 Å². The number of aliphatic imine (C=N–C) groups is 1. The average Bonchev–Trinajstić information content (AvgIpc) is 3.27. The summed E-state index contributed by atoms with van der Waals surface area (Å²) in [6, 6.07) is 14.0. The first-order valence-electron chi connectivity index (χ1n) is 22.2. The lowest BCUT2D eigenvalue weighted by molar-refractivity contribution is 0.251. The molecule has 12 amide bonds. The third kappa shape index (κ3) is 32.5. The number of anilines is 6. The zero-order chi connectivity index (χ0) is 50.8. The number of amides is 12. The van der Waals surface area contributed by atoms with Gasteiger partial charge < -0.3 is 58.5 Å². The van der Waals surface area contributed by atoms with Gasteiger partial charge in [-0.3, -0.25) is 0 Å². The summed E-state index contributed by atoms with van der Waals surface area (Å²) in [4.78, 5) is 72.6. The maximum atomic E-state index is 11.5. The number of hydrogen-bond donors (Lipinski definition) is 11. The lowest BCUT2D eigenvalue weighted by atomic mass is 10.2. The van der Waals surface area contributed by atoms with Gasteiger partial charge in [0, 0.05) is 33.8 Å². The first kappa shape index (κ1) is 68.0. The van der Waals surface area contributed by atoms with Gasteiger partial charge in [0.2, 0.25) is 0 Å². The summed E-state index contributed by atoms with van der Waals surface area (Å²) in [7, 11) is 0. The monoisotopic (exact) mass is 928 g/mol. The fraction of sp³-hybridized carbons (Fsp3) is 0.438. The number of hydrogen-bond acceptors (Lipinski definition) is 6. The zero-order valence-electron chi connectivity index (χ0n) is 41.8. The first-order valence-corrected chi connectivity index (χ1v) is 22.2. The predicted octanol–water partition coefficient (Wildman–Crippen LogP) is 12.4. The highest BCUT2D eigenvalue weighted by Gasteiger charge is 2.11. The SMILES string of the molecule is C.C=CNC(=O)Nc1ccc(C)cc1NC(=O)NCC.CC.CC.CC.CC.CC=NC(=O)Nc1cc(C)ccc1NC(=O)NCC.CCNC(=O)Nc1ccc(C)cc1NC(=O)NCC.[2HH]. The Bertz CT molecular complexity index is 1880. The normalized spacial score (nSPS) is 8.79. The molecular weight excluding hydrogens is 841 g/mol. The van der Waals surface area contributed by atoms with Crippen LogP contribution in [0.5, 0.6) is 0 Å². The molecule has 0 aliphatic heterocycles. The quantitative estimate of drug-likeness (QED) is 0.0834. The number of nitrogens with zero attached hydrogens (tertiary/aromatic N) is 1. The van der Waals surface area contributed by atoms with Gasteiger partial charge in [0.25, 0.3) is 0 Å². The molecule has 18 heteroatoms. The van der Waals surface area contributed by atoms with Crippen LogP contribution in [0.15, 0.2) is 72.4 Å². The van der Waals surface area contributed by atoms with Gasteiger partial charge in [0.1, 0.15) is 0 Å². The number of carbonyl (C=O) groups excluding carboxylic acids is 6. The molecule has 0 fully saturated rings. The highest BCUT2D eigenvalue weighted by atomic mass is 16.2. The molecule has 0 aliphatic carbocycles. The summed E-state index contributed by atoms with van der Waals surface area (Å²) in [6.07, 6.45) is 2.68. The van der Waals surface area contributed by atoms with E-state index in [4.69, 9.17) is 0 Å². The van der Waals surface area contributed by atoms with Gasteiger partial charge in [0.05, 0.1) is 34.1 Å². The first-order chi connectivity index (χ1) is 31.2. The Hall–Kier alpha value is -7.11. The Kier molecular flexibility index (Phi) is 45.8. The summed E-state index contributed by atoms with van der Waals surface area (Å²) >= 11 is 0. The van der Waals surface area contributed by atoms with E-state index in [-0.39, 0.29) is 33.0 Å². The largest absolute Gasteiger partial charge is 0.345 e. The van der Waals surface area contributed by atoms with Crippen LogP contribution >= 0.6 is 0 Å². The molecule has 0 bridgehead atoms. The Labute approximate surface area is 397 Å². The number of benzene rings is 3. The van der Waals surface area contributed by atoms with Gasteiger partial charge in [-0.05, 0) is 115 Å². The molecule has 0 aliphatic rings. The number of rotatable bonds is 11. The molecule has 0 saturated carbocycles. The van der Waals surface area contributed by atoms with Crippen LogP contribution in [-0.2, 0) is 0 Å². The smallest absolute Gasteiger partial charge is 0.338 e. The summed E-state index contributed by atoms with van der Waals surface area (Å²) < 4.78 is 0. The number of carbonyl (C=O) groups is 6. The Balaban J connectivity index is -0.000000190. The Morgan fingerprint density at radius 1 is 0.470 bits per heavy atom. The van der Waals surface area contributed by atoms with Crippen LogP contribution in [0.1, 0.15) is 116 Å². The summed E-state index contributed by atoms with van der Waals surface area (Å²) in [5, 5.41) is 28.9. The molecule has 0 spiro atoms. The van der Waals surface area contributed by atoms with E-state index >= 15 is 0 Å². The van der Waals surface area contributed by atoms with Crippen molar-refractivity contribution in [3.05, 3.63) is 84.1 Å². The van der Waals surface area contributed by atoms with Gasteiger partial charge in [-0.2, -0.15) is 0 Å². The average molecular weight is 928 g/mol. The van der Waals surface area contributed by atoms with E-state index in [1.165, 1.54) is 12.4 Å². The second-order valence-electron chi connectivity index (χ2n) is 11.7. The zero-order valence-corrected chi connectivity index (χ0v) is 41.8. The number of aryl methyl sites for hydroxylation is 3. The van der Waals surface area contributed by atoms with Gasteiger partial charge in [-0.1, -0.05) is 87.6 Å². The van der Waals surface area contributed by atoms with Gasteiger partial charge in [-0.15, -0.1) is 0 Å². The number of nitrogens with one attached hydrogen (secondary N) is 11. The lowest BCUT2D eigenvalue weighted by Gasteiger charge is -2.13. The van der Waals surface area contributed by atoms with Crippen LogP contribution in [0, 0.1) is 20.8 Å². The molecule has 3 aromatic rings. The molecule has 0 saturated heterocycles. The molecule has 0 unspecified atom stereocenters. The van der Waals surface area contributed by atoms with Crippen molar-refractivity contribution in [2.45, 2.75) is 118 Å². The second kappa shape index (κ2) is 44.5. The summed E-state index contributed by atoms with van der Waals surface area (Å²) in [5.41, 5.74) is 6.14. The standard InChI is InChI=1S/C13H20N4O2.2C13H18N4O2.4C2H6.CH4.H2/c3*1-4-14-12(18)16-10-7-6-9(3)8-11(10)17-13(19)15-5-2;4*1-2;;/h6-8H,4-5H2,1-3H3,(H2,14,16,18)(H2,15,17,19);5-8H,4H2,1-3H3,(H,17,19)(H2,14,16,18);4,6-8H,1,5H2,2-3H3,(H2,14,16,18)(H2,15,17,19);4*1-2H3;1H4;1H/i;;;;;;;;1+1.